The number of benzene rings is 2. The average Bonchev–Trinajstić information content (AvgIpc) is 2.72. The number of nitrogens with one attached hydrogen (secondary N) is 1. The highest BCUT2D eigenvalue weighted by atomic mass is 19.1. The van der Waals surface area contributed by atoms with Crippen molar-refractivity contribution in [3.05, 3.63) is 65.5 Å². The van der Waals surface area contributed by atoms with Crippen LogP contribution >= 0.6 is 0 Å². The number of Topliss-reactive ketones (excluding diaryl/α,β-unsaturated/α-hetero) is 1. The third kappa shape index (κ3) is 4.77. The van der Waals surface area contributed by atoms with E-state index < -0.39 is 5.82 Å². The highest BCUT2D eigenvalue weighted by Crippen LogP contribution is 2.38. The van der Waals surface area contributed by atoms with Crippen molar-refractivity contribution in [2.24, 2.45) is 0 Å². The van der Waals surface area contributed by atoms with Gasteiger partial charge < -0.3 is 10.1 Å². The Morgan fingerprint density at radius 3 is 2.46 bits per heavy atom. The van der Waals surface area contributed by atoms with Gasteiger partial charge in [0.2, 0.25) is 0 Å². The topological polar surface area (TPSA) is 55.4 Å². The molecule has 1 saturated carbocycles. The van der Waals surface area contributed by atoms with Crippen LogP contribution in [0, 0.1) is 5.82 Å². The van der Waals surface area contributed by atoms with Crippen LogP contribution in [-0.2, 0) is 10.2 Å². The predicted molar refractivity (Wildman–Crippen MR) is 106 cm³/mol. The number of carbonyl (C=O) groups excluding carboxylic acids is 2. The number of amides is 1. The maximum atomic E-state index is 13.3. The van der Waals surface area contributed by atoms with E-state index in [9.17, 15) is 14.0 Å². The van der Waals surface area contributed by atoms with Crippen molar-refractivity contribution in [1.29, 1.82) is 0 Å². The summed E-state index contributed by atoms with van der Waals surface area (Å²) in [6.45, 7) is 1.69. The maximum Gasteiger partial charge on any atom is 0.257 e. The zero-order chi connectivity index (χ0) is 20.0. The molecular formula is C23H26FNO3. The summed E-state index contributed by atoms with van der Waals surface area (Å²) in [6, 6.07) is 14.1. The first-order valence-electron chi connectivity index (χ1n) is 9.76. The van der Waals surface area contributed by atoms with Crippen molar-refractivity contribution >= 4 is 11.7 Å². The molecular weight excluding hydrogens is 357 g/mol. The minimum Gasteiger partial charge on any atom is -0.483 e. The summed E-state index contributed by atoms with van der Waals surface area (Å²) in [5.41, 5.74) is 1.35. The van der Waals surface area contributed by atoms with Crippen LogP contribution in [0.2, 0.25) is 0 Å². The van der Waals surface area contributed by atoms with E-state index in [0.717, 1.165) is 31.7 Å². The van der Waals surface area contributed by atoms with E-state index in [2.05, 4.69) is 17.4 Å². The molecule has 1 aliphatic carbocycles. The van der Waals surface area contributed by atoms with E-state index in [1.165, 1.54) is 31.0 Å². The molecule has 1 fully saturated rings. The molecule has 0 spiro atoms. The van der Waals surface area contributed by atoms with Crippen LogP contribution in [0.1, 0.15) is 54.9 Å². The second-order valence-corrected chi connectivity index (χ2v) is 7.47. The zero-order valence-electron chi connectivity index (χ0n) is 16.2. The number of ether oxygens (including phenoxy) is 1. The lowest BCUT2D eigenvalue weighted by atomic mass is 9.69. The van der Waals surface area contributed by atoms with Gasteiger partial charge in [-0.2, -0.15) is 0 Å². The molecule has 0 atom stereocenters. The van der Waals surface area contributed by atoms with Gasteiger partial charge in [-0.3, -0.25) is 9.59 Å². The molecule has 28 heavy (non-hydrogen) atoms. The molecule has 2 aromatic rings. The number of ketones is 1. The number of halogens is 1. The highest BCUT2D eigenvalue weighted by Gasteiger charge is 2.34. The largest absolute Gasteiger partial charge is 0.483 e. The third-order valence-corrected chi connectivity index (χ3v) is 5.50. The molecule has 0 saturated heterocycles. The number of rotatable bonds is 7. The van der Waals surface area contributed by atoms with Crippen LogP contribution < -0.4 is 10.1 Å². The third-order valence-electron chi connectivity index (χ3n) is 5.50. The molecule has 0 radical (unpaired) electrons. The maximum absolute atomic E-state index is 13.3. The fourth-order valence-corrected chi connectivity index (χ4v) is 3.95. The molecule has 5 heteroatoms. The van der Waals surface area contributed by atoms with Crippen LogP contribution in [0.3, 0.4) is 0 Å². The minimum absolute atomic E-state index is 0.0460. The average molecular weight is 383 g/mol. The number of hydrogen-bond donors (Lipinski definition) is 1. The van der Waals surface area contributed by atoms with Crippen molar-refractivity contribution in [2.75, 3.05) is 13.2 Å². The smallest absolute Gasteiger partial charge is 0.257 e. The quantitative estimate of drug-likeness (QED) is 0.720. The fourth-order valence-electron chi connectivity index (χ4n) is 3.95. The summed E-state index contributed by atoms with van der Waals surface area (Å²) >= 11 is 0. The first-order chi connectivity index (χ1) is 13.5. The van der Waals surface area contributed by atoms with E-state index in [-0.39, 0.29) is 35.0 Å². The van der Waals surface area contributed by atoms with Gasteiger partial charge in [-0.05, 0) is 43.5 Å². The second kappa shape index (κ2) is 9.00. The Balaban J connectivity index is 1.62. The van der Waals surface area contributed by atoms with Crippen LogP contribution in [-0.4, -0.2) is 24.8 Å². The molecule has 2 aromatic carbocycles. The summed E-state index contributed by atoms with van der Waals surface area (Å²) in [5.74, 6) is -0.844. The Hall–Kier alpha value is -2.69. The minimum atomic E-state index is -0.510. The Morgan fingerprint density at radius 1 is 1.07 bits per heavy atom. The lowest BCUT2D eigenvalue weighted by molar-refractivity contribution is -0.123. The monoisotopic (exact) mass is 383 g/mol. The molecule has 0 aromatic heterocycles. The second-order valence-electron chi connectivity index (χ2n) is 7.47. The molecule has 0 bridgehead atoms. The van der Waals surface area contributed by atoms with Gasteiger partial charge >= 0.3 is 0 Å². The van der Waals surface area contributed by atoms with Gasteiger partial charge in [0.05, 0.1) is 5.56 Å². The summed E-state index contributed by atoms with van der Waals surface area (Å²) < 4.78 is 18.8. The number of carbonyl (C=O) groups is 2. The first kappa shape index (κ1) is 20.1. The van der Waals surface area contributed by atoms with Crippen molar-refractivity contribution in [2.45, 2.75) is 44.4 Å². The molecule has 1 aliphatic rings. The Bertz CT molecular complexity index is 829. The lowest BCUT2D eigenvalue weighted by Gasteiger charge is -2.38. The molecule has 0 unspecified atom stereocenters. The summed E-state index contributed by atoms with van der Waals surface area (Å²) in [6.07, 6.45) is 5.62. The van der Waals surface area contributed by atoms with E-state index in [1.807, 2.05) is 18.2 Å². The van der Waals surface area contributed by atoms with Crippen molar-refractivity contribution in [3.8, 4) is 5.75 Å². The zero-order valence-corrected chi connectivity index (χ0v) is 16.2. The van der Waals surface area contributed by atoms with Gasteiger partial charge in [0.25, 0.3) is 5.91 Å². The van der Waals surface area contributed by atoms with Crippen molar-refractivity contribution < 1.29 is 18.7 Å². The van der Waals surface area contributed by atoms with Crippen molar-refractivity contribution in [1.82, 2.24) is 5.32 Å². The Kier molecular flexibility index (Phi) is 6.45. The van der Waals surface area contributed by atoms with Crippen LogP contribution in [0.5, 0.6) is 5.75 Å². The van der Waals surface area contributed by atoms with Gasteiger partial charge in [0.15, 0.2) is 12.4 Å². The van der Waals surface area contributed by atoms with Crippen LogP contribution in [0.25, 0.3) is 0 Å². The highest BCUT2D eigenvalue weighted by molar-refractivity contribution is 5.96. The molecule has 0 aliphatic heterocycles. The molecule has 0 heterocycles. The summed E-state index contributed by atoms with van der Waals surface area (Å²) in [7, 11) is 0. The molecule has 1 amide bonds. The van der Waals surface area contributed by atoms with E-state index >= 15 is 0 Å². The fraction of sp³-hybridized carbons (Fsp3) is 0.391. The normalized spacial score (nSPS) is 15.6. The van der Waals surface area contributed by atoms with Gasteiger partial charge in [-0.15, -0.1) is 0 Å². The lowest BCUT2D eigenvalue weighted by Crippen LogP contribution is -2.43. The summed E-state index contributed by atoms with van der Waals surface area (Å²) in [4.78, 5) is 24.0. The molecule has 148 valence electrons. The van der Waals surface area contributed by atoms with E-state index in [1.54, 1.807) is 0 Å². The standard InChI is InChI=1S/C23H26FNO3/c1-17(26)20-14-19(24)10-11-21(20)28-15-22(27)25-16-23(12-6-3-7-13-23)18-8-4-2-5-9-18/h2,4-5,8-11,14H,3,6-7,12-13,15-16H2,1H3,(H,25,27). The van der Waals surface area contributed by atoms with Crippen molar-refractivity contribution in [3.63, 3.8) is 0 Å². The van der Waals surface area contributed by atoms with Gasteiger partial charge in [-0.25, -0.2) is 4.39 Å². The van der Waals surface area contributed by atoms with Gasteiger partial charge in [0, 0.05) is 12.0 Å². The number of hydrogen-bond acceptors (Lipinski definition) is 3. The molecule has 1 N–H and O–H groups in total. The van der Waals surface area contributed by atoms with Crippen LogP contribution in [0.4, 0.5) is 4.39 Å². The van der Waals surface area contributed by atoms with Gasteiger partial charge in [-0.1, -0.05) is 49.6 Å². The van der Waals surface area contributed by atoms with E-state index in [0.29, 0.717) is 6.54 Å². The van der Waals surface area contributed by atoms with E-state index in [4.69, 9.17) is 4.74 Å². The Labute approximate surface area is 165 Å². The van der Waals surface area contributed by atoms with Crippen LogP contribution in [0.15, 0.2) is 48.5 Å². The SMILES string of the molecule is CC(=O)c1cc(F)ccc1OCC(=O)NCC1(c2ccccc2)CCCCC1. The summed E-state index contributed by atoms with van der Waals surface area (Å²) in [5, 5.41) is 3.00. The predicted octanol–water partition coefficient (Wildman–Crippen LogP) is 4.43. The first-order valence-corrected chi connectivity index (χ1v) is 9.76. The Morgan fingerprint density at radius 2 is 1.79 bits per heavy atom. The molecule has 4 nitrogen and oxygen atoms in total. The van der Waals surface area contributed by atoms with Gasteiger partial charge in [0.1, 0.15) is 11.6 Å². The molecule has 3 rings (SSSR count).